The molecule has 1 aromatic heterocycles. The summed E-state index contributed by atoms with van der Waals surface area (Å²) in [6, 6.07) is 11.3. The lowest BCUT2D eigenvalue weighted by atomic mass is 10.2. The van der Waals surface area contributed by atoms with Crippen LogP contribution < -0.4 is 0 Å². The lowest BCUT2D eigenvalue weighted by Crippen LogP contribution is -2.07. The molecule has 0 atom stereocenters. The summed E-state index contributed by atoms with van der Waals surface area (Å²) < 4.78 is 6.02. The molecule has 1 heterocycles. The predicted molar refractivity (Wildman–Crippen MR) is 72.5 cm³/mol. The Morgan fingerprint density at radius 3 is 2.71 bits per heavy atom. The minimum absolute atomic E-state index is 0.290. The van der Waals surface area contributed by atoms with Gasteiger partial charge in [-0.05, 0) is 34.2 Å². The molecule has 0 unspecified atom stereocenters. The first kappa shape index (κ1) is 12.0. The Kier molecular flexibility index (Phi) is 4.08. The zero-order valence-corrected chi connectivity index (χ0v) is 11.1. The summed E-state index contributed by atoms with van der Waals surface area (Å²) in [5, 5.41) is 0. The van der Waals surface area contributed by atoms with E-state index in [0.29, 0.717) is 5.56 Å². The number of aromatic nitrogens is 1. The van der Waals surface area contributed by atoms with E-state index in [1.54, 1.807) is 18.5 Å². The quantitative estimate of drug-likeness (QED) is 0.637. The maximum Gasteiger partial charge on any atom is 0.339 e. The van der Waals surface area contributed by atoms with Gasteiger partial charge in [-0.15, -0.1) is 0 Å². The molecule has 17 heavy (non-hydrogen) atoms. The van der Waals surface area contributed by atoms with E-state index in [4.69, 9.17) is 4.74 Å². The number of nitrogens with zero attached hydrogens (tertiary/aromatic N) is 1. The van der Waals surface area contributed by atoms with E-state index < -0.39 is 0 Å². The van der Waals surface area contributed by atoms with Gasteiger partial charge in [-0.2, -0.15) is 0 Å². The van der Waals surface area contributed by atoms with Gasteiger partial charge < -0.3 is 4.74 Å². The van der Waals surface area contributed by atoms with Gasteiger partial charge in [0.05, 0.1) is 5.56 Å². The number of pyridine rings is 1. The minimum atomic E-state index is -0.319. The molecule has 1 aromatic carbocycles. The SMILES string of the molecule is O=C(OCc1ccccc1)c1ccncc1I. The van der Waals surface area contributed by atoms with Crippen molar-refractivity contribution in [2.24, 2.45) is 0 Å². The van der Waals surface area contributed by atoms with Crippen LogP contribution in [0.25, 0.3) is 0 Å². The lowest BCUT2D eigenvalue weighted by molar-refractivity contribution is 0.0471. The molecular weight excluding hydrogens is 329 g/mol. The molecule has 3 nitrogen and oxygen atoms in total. The first-order valence-electron chi connectivity index (χ1n) is 5.08. The van der Waals surface area contributed by atoms with Crippen molar-refractivity contribution in [2.75, 3.05) is 0 Å². The van der Waals surface area contributed by atoms with E-state index >= 15 is 0 Å². The predicted octanol–water partition coefficient (Wildman–Crippen LogP) is 3.04. The number of benzene rings is 1. The second-order valence-electron chi connectivity index (χ2n) is 3.42. The fourth-order valence-corrected chi connectivity index (χ4v) is 1.90. The Morgan fingerprint density at radius 2 is 2.00 bits per heavy atom. The van der Waals surface area contributed by atoms with E-state index in [1.807, 2.05) is 30.3 Å². The molecule has 0 amide bonds. The van der Waals surface area contributed by atoms with Gasteiger partial charge in [0, 0.05) is 16.0 Å². The van der Waals surface area contributed by atoms with Crippen molar-refractivity contribution in [3.8, 4) is 0 Å². The molecule has 0 radical (unpaired) electrons. The molecule has 2 rings (SSSR count). The molecule has 0 aliphatic carbocycles. The highest BCUT2D eigenvalue weighted by molar-refractivity contribution is 14.1. The van der Waals surface area contributed by atoms with E-state index in [-0.39, 0.29) is 12.6 Å². The summed E-state index contributed by atoms with van der Waals surface area (Å²) in [7, 11) is 0. The van der Waals surface area contributed by atoms with Gasteiger partial charge in [0.15, 0.2) is 0 Å². The molecule has 86 valence electrons. The Balaban J connectivity index is 2.01. The van der Waals surface area contributed by atoms with Crippen LogP contribution in [0.4, 0.5) is 0 Å². The normalized spacial score (nSPS) is 9.94. The van der Waals surface area contributed by atoms with Crippen LogP contribution in [0, 0.1) is 3.57 Å². The third kappa shape index (κ3) is 3.26. The monoisotopic (exact) mass is 339 g/mol. The van der Waals surface area contributed by atoms with Crippen LogP contribution in [0.5, 0.6) is 0 Å². The fraction of sp³-hybridized carbons (Fsp3) is 0.0769. The van der Waals surface area contributed by atoms with Crippen LogP contribution in [-0.2, 0) is 11.3 Å². The summed E-state index contributed by atoms with van der Waals surface area (Å²) in [4.78, 5) is 15.7. The van der Waals surface area contributed by atoms with Crippen LogP contribution in [0.1, 0.15) is 15.9 Å². The first-order valence-corrected chi connectivity index (χ1v) is 6.16. The summed E-state index contributed by atoms with van der Waals surface area (Å²) in [6.45, 7) is 0.290. The van der Waals surface area contributed by atoms with Crippen LogP contribution in [-0.4, -0.2) is 11.0 Å². The molecular formula is C13H10INO2. The fourth-order valence-electron chi connectivity index (χ4n) is 1.34. The number of carbonyl (C=O) groups is 1. The number of esters is 1. The number of carbonyl (C=O) groups excluding carboxylic acids is 1. The van der Waals surface area contributed by atoms with Gasteiger partial charge in [0.25, 0.3) is 0 Å². The summed E-state index contributed by atoms with van der Waals surface area (Å²) >= 11 is 2.07. The van der Waals surface area contributed by atoms with Crippen LogP contribution in [0.15, 0.2) is 48.8 Å². The summed E-state index contributed by atoms with van der Waals surface area (Å²) in [6.07, 6.45) is 3.22. The molecule has 0 bridgehead atoms. The largest absolute Gasteiger partial charge is 0.457 e. The highest BCUT2D eigenvalue weighted by Gasteiger charge is 2.10. The molecule has 4 heteroatoms. The molecule has 0 saturated heterocycles. The summed E-state index contributed by atoms with van der Waals surface area (Å²) in [5.74, 6) is -0.319. The number of hydrogen-bond donors (Lipinski definition) is 0. The number of hydrogen-bond acceptors (Lipinski definition) is 3. The molecule has 0 fully saturated rings. The van der Waals surface area contributed by atoms with Crippen LogP contribution in [0.2, 0.25) is 0 Å². The van der Waals surface area contributed by atoms with E-state index in [9.17, 15) is 4.79 Å². The topological polar surface area (TPSA) is 39.2 Å². The summed E-state index contributed by atoms with van der Waals surface area (Å²) in [5.41, 5.74) is 1.53. The van der Waals surface area contributed by atoms with Gasteiger partial charge in [-0.1, -0.05) is 30.3 Å². The second-order valence-corrected chi connectivity index (χ2v) is 4.58. The van der Waals surface area contributed by atoms with Gasteiger partial charge in [0.1, 0.15) is 6.61 Å². The number of ether oxygens (including phenoxy) is 1. The van der Waals surface area contributed by atoms with Gasteiger partial charge >= 0.3 is 5.97 Å². The van der Waals surface area contributed by atoms with E-state index in [1.165, 1.54) is 0 Å². The van der Waals surface area contributed by atoms with Crippen LogP contribution in [0.3, 0.4) is 0 Å². The Bertz CT molecular complexity index is 514. The van der Waals surface area contributed by atoms with Gasteiger partial charge in [0.2, 0.25) is 0 Å². The zero-order chi connectivity index (χ0) is 12.1. The smallest absolute Gasteiger partial charge is 0.339 e. The average molecular weight is 339 g/mol. The van der Waals surface area contributed by atoms with Gasteiger partial charge in [-0.25, -0.2) is 4.79 Å². The Morgan fingerprint density at radius 1 is 1.24 bits per heavy atom. The van der Waals surface area contributed by atoms with E-state index in [2.05, 4.69) is 27.6 Å². The lowest BCUT2D eigenvalue weighted by Gasteiger charge is -2.05. The highest BCUT2D eigenvalue weighted by Crippen LogP contribution is 2.12. The maximum atomic E-state index is 11.8. The van der Waals surface area contributed by atoms with Crippen LogP contribution >= 0.6 is 22.6 Å². The third-order valence-corrected chi connectivity index (χ3v) is 3.06. The zero-order valence-electron chi connectivity index (χ0n) is 8.97. The van der Waals surface area contributed by atoms with Crippen molar-refractivity contribution in [3.05, 3.63) is 63.5 Å². The highest BCUT2D eigenvalue weighted by atomic mass is 127. The minimum Gasteiger partial charge on any atom is -0.457 e. The average Bonchev–Trinajstić information content (AvgIpc) is 2.38. The molecule has 2 aromatic rings. The van der Waals surface area contributed by atoms with Crippen molar-refractivity contribution in [1.82, 2.24) is 4.98 Å². The molecule has 0 spiro atoms. The van der Waals surface area contributed by atoms with Gasteiger partial charge in [-0.3, -0.25) is 4.98 Å². The third-order valence-electron chi connectivity index (χ3n) is 2.21. The Hall–Kier alpha value is -1.43. The van der Waals surface area contributed by atoms with Crippen molar-refractivity contribution >= 4 is 28.6 Å². The van der Waals surface area contributed by atoms with Crippen molar-refractivity contribution in [3.63, 3.8) is 0 Å². The van der Waals surface area contributed by atoms with Crippen molar-refractivity contribution < 1.29 is 9.53 Å². The first-order chi connectivity index (χ1) is 8.27. The molecule has 0 saturated carbocycles. The maximum absolute atomic E-state index is 11.8. The molecule has 0 N–H and O–H groups in total. The van der Waals surface area contributed by atoms with E-state index in [0.717, 1.165) is 9.13 Å². The Labute approximate surface area is 113 Å². The molecule has 0 aliphatic heterocycles. The second kappa shape index (κ2) is 5.77. The molecule has 0 aliphatic rings. The number of rotatable bonds is 3. The van der Waals surface area contributed by atoms with Crippen molar-refractivity contribution in [1.29, 1.82) is 0 Å². The standard InChI is InChI=1S/C13H10INO2/c14-12-8-15-7-6-11(12)13(16)17-9-10-4-2-1-3-5-10/h1-8H,9H2. The number of halogens is 1. The van der Waals surface area contributed by atoms with Crippen molar-refractivity contribution in [2.45, 2.75) is 6.61 Å².